The van der Waals surface area contributed by atoms with E-state index in [-0.39, 0.29) is 11.9 Å². The fourth-order valence-electron chi connectivity index (χ4n) is 4.07. The average Bonchev–Trinajstić information content (AvgIpc) is 2.71. The van der Waals surface area contributed by atoms with Crippen LogP contribution in [0.1, 0.15) is 38.4 Å². The number of benzene rings is 2. The minimum absolute atomic E-state index is 0.177. The third-order valence-electron chi connectivity index (χ3n) is 5.50. The van der Waals surface area contributed by atoms with Gasteiger partial charge in [0, 0.05) is 37.8 Å². The van der Waals surface area contributed by atoms with Gasteiger partial charge in [-0.2, -0.15) is 0 Å². The summed E-state index contributed by atoms with van der Waals surface area (Å²) in [5, 5.41) is 10.5. The topological polar surface area (TPSA) is 43.8 Å². The van der Waals surface area contributed by atoms with Crippen molar-refractivity contribution in [2.24, 2.45) is 5.92 Å². The maximum atomic E-state index is 12.7. The van der Waals surface area contributed by atoms with E-state index >= 15 is 0 Å². The summed E-state index contributed by atoms with van der Waals surface area (Å²) < 4.78 is 0. The Balaban J connectivity index is 1.67. The van der Waals surface area contributed by atoms with Gasteiger partial charge in [-0.05, 0) is 30.0 Å². The third-order valence-corrected chi connectivity index (χ3v) is 5.50. The molecule has 0 saturated carbocycles. The highest BCUT2D eigenvalue weighted by Gasteiger charge is 2.34. The summed E-state index contributed by atoms with van der Waals surface area (Å²) in [5.41, 5.74) is 1.94. The predicted molar refractivity (Wildman–Crippen MR) is 110 cm³/mol. The smallest absolute Gasteiger partial charge is 0.226 e. The number of carbonyl (C=O) groups is 1. The van der Waals surface area contributed by atoms with Crippen LogP contribution in [0.4, 0.5) is 5.69 Å². The van der Waals surface area contributed by atoms with E-state index in [0.29, 0.717) is 18.9 Å². The Labute approximate surface area is 162 Å². The summed E-state index contributed by atoms with van der Waals surface area (Å²) in [7, 11) is 0. The molecule has 1 saturated heterocycles. The molecule has 1 aliphatic heterocycles. The molecule has 144 valence electrons. The fraction of sp³-hybridized carbons (Fsp3) is 0.435. The Bertz CT molecular complexity index is 720. The van der Waals surface area contributed by atoms with Crippen LogP contribution >= 0.6 is 0 Å². The second kappa shape index (κ2) is 9.16. The van der Waals surface area contributed by atoms with Gasteiger partial charge in [-0.3, -0.25) is 9.69 Å². The zero-order valence-electron chi connectivity index (χ0n) is 16.3. The molecule has 1 fully saturated rings. The molecule has 1 aliphatic rings. The van der Waals surface area contributed by atoms with Crippen molar-refractivity contribution in [3.8, 4) is 0 Å². The van der Waals surface area contributed by atoms with Crippen molar-refractivity contribution >= 4 is 11.6 Å². The summed E-state index contributed by atoms with van der Waals surface area (Å²) in [5.74, 6) is 0.522. The van der Waals surface area contributed by atoms with Crippen LogP contribution in [0.15, 0.2) is 60.7 Å². The van der Waals surface area contributed by atoms with E-state index in [9.17, 15) is 9.90 Å². The fourth-order valence-corrected chi connectivity index (χ4v) is 4.07. The maximum absolute atomic E-state index is 12.7. The van der Waals surface area contributed by atoms with Gasteiger partial charge in [0.05, 0.1) is 6.10 Å². The first kappa shape index (κ1) is 19.6. The van der Waals surface area contributed by atoms with Crippen LogP contribution in [-0.2, 0) is 4.79 Å². The van der Waals surface area contributed by atoms with Gasteiger partial charge in [-0.1, -0.05) is 62.4 Å². The Morgan fingerprint density at radius 3 is 2.37 bits per heavy atom. The molecule has 4 nitrogen and oxygen atoms in total. The zero-order chi connectivity index (χ0) is 19.2. The highest BCUT2D eigenvalue weighted by atomic mass is 16.3. The molecule has 1 amide bonds. The molecule has 0 bridgehead atoms. The Hall–Kier alpha value is -2.17. The van der Waals surface area contributed by atoms with E-state index in [0.717, 1.165) is 30.8 Å². The van der Waals surface area contributed by atoms with Gasteiger partial charge in [-0.15, -0.1) is 0 Å². The molecule has 2 unspecified atom stereocenters. The number of aliphatic hydroxyl groups is 1. The van der Waals surface area contributed by atoms with Crippen LogP contribution in [0.25, 0.3) is 0 Å². The van der Waals surface area contributed by atoms with Crippen LogP contribution < -0.4 is 4.90 Å². The molecule has 2 aromatic carbocycles. The molecule has 1 N–H and O–H groups in total. The number of hydrogen-bond acceptors (Lipinski definition) is 3. The van der Waals surface area contributed by atoms with E-state index < -0.39 is 6.10 Å². The third kappa shape index (κ3) is 4.76. The average molecular weight is 367 g/mol. The Kier molecular flexibility index (Phi) is 6.64. The molecule has 4 heteroatoms. The van der Waals surface area contributed by atoms with Crippen molar-refractivity contribution < 1.29 is 9.90 Å². The maximum Gasteiger partial charge on any atom is 0.226 e. The number of carbonyl (C=O) groups excluding carboxylic acids is 1. The first-order valence-electron chi connectivity index (χ1n) is 9.92. The van der Waals surface area contributed by atoms with Gasteiger partial charge in [0.2, 0.25) is 5.91 Å². The normalized spacial score (nSPS) is 21.6. The predicted octanol–water partition coefficient (Wildman–Crippen LogP) is 3.87. The first-order chi connectivity index (χ1) is 13.1. The number of piperidine rings is 1. The summed E-state index contributed by atoms with van der Waals surface area (Å²) in [6.07, 6.45) is 0.954. The summed E-state index contributed by atoms with van der Waals surface area (Å²) in [6, 6.07) is 20.0. The molecular weight excluding hydrogens is 336 g/mol. The van der Waals surface area contributed by atoms with Crippen molar-refractivity contribution in [2.45, 2.75) is 38.8 Å². The highest BCUT2D eigenvalue weighted by Crippen LogP contribution is 2.29. The lowest BCUT2D eigenvalue weighted by molar-refractivity contribution is -0.119. The van der Waals surface area contributed by atoms with E-state index in [1.807, 2.05) is 72.5 Å². The standard InChI is InChI=1S/C23H30N2O2/c1-3-23(27)25(20-12-8-5-9-13-20)21-14-15-24(16-18(21)2)17-22(26)19-10-6-4-7-11-19/h4-13,18,21-22,26H,3,14-17H2,1-2H3/t18-,21?,22?/m1/s1. The van der Waals surface area contributed by atoms with Gasteiger partial charge < -0.3 is 10.0 Å². The van der Waals surface area contributed by atoms with Crippen LogP contribution in [0.3, 0.4) is 0 Å². The Morgan fingerprint density at radius 2 is 1.78 bits per heavy atom. The largest absolute Gasteiger partial charge is 0.387 e. The minimum Gasteiger partial charge on any atom is -0.387 e. The number of aliphatic hydroxyl groups excluding tert-OH is 1. The van der Waals surface area contributed by atoms with Crippen molar-refractivity contribution in [3.63, 3.8) is 0 Å². The second-order valence-electron chi connectivity index (χ2n) is 7.47. The number of anilines is 1. The van der Waals surface area contributed by atoms with E-state index in [2.05, 4.69) is 11.8 Å². The van der Waals surface area contributed by atoms with Gasteiger partial charge in [0.1, 0.15) is 0 Å². The van der Waals surface area contributed by atoms with E-state index in [1.165, 1.54) is 0 Å². The number of amides is 1. The van der Waals surface area contributed by atoms with Gasteiger partial charge in [0.25, 0.3) is 0 Å². The first-order valence-corrected chi connectivity index (χ1v) is 9.92. The number of para-hydroxylation sites is 1. The molecule has 0 aromatic heterocycles. The van der Waals surface area contributed by atoms with Gasteiger partial charge >= 0.3 is 0 Å². The molecule has 2 aromatic rings. The lowest BCUT2D eigenvalue weighted by Crippen LogP contribution is -2.52. The molecule has 3 rings (SSSR count). The van der Waals surface area contributed by atoms with Gasteiger partial charge in [0.15, 0.2) is 0 Å². The van der Waals surface area contributed by atoms with E-state index in [1.54, 1.807) is 0 Å². The zero-order valence-corrected chi connectivity index (χ0v) is 16.3. The molecule has 0 spiro atoms. The molecular formula is C23H30N2O2. The molecule has 0 radical (unpaired) electrons. The van der Waals surface area contributed by atoms with Crippen LogP contribution in [0, 0.1) is 5.92 Å². The van der Waals surface area contributed by atoms with Crippen molar-refractivity contribution in [1.29, 1.82) is 0 Å². The van der Waals surface area contributed by atoms with Crippen LogP contribution in [0.5, 0.6) is 0 Å². The Morgan fingerprint density at radius 1 is 1.15 bits per heavy atom. The number of likely N-dealkylation sites (tertiary alicyclic amines) is 1. The number of rotatable bonds is 6. The monoisotopic (exact) mass is 366 g/mol. The number of β-amino-alcohol motifs (C(OH)–C–C–N with tert-alkyl or cyclic N) is 1. The molecule has 1 heterocycles. The van der Waals surface area contributed by atoms with Crippen molar-refractivity contribution in [1.82, 2.24) is 4.90 Å². The molecule has 0 aliphatic carbocycles. The van der Waals surface area contributed by atoms with Crippen molar-refractivity contribution in [3.05, 3.63) is 66.2 Å². The van der Waals surface area contributed by atoms with Crippen LogP contribution in [0.2, 0.25) is 0 Å². The summed E-state index contributed by atoms with van der Waals surface area (Å²) in [6.45, 7) is 6.54. The highest BCUT2D eigenvalue weighted by molar-refractivity contribution is 5.93. The SMILES string of the molecule is CCC(=O)N(c1ccccc1)C1CCN(CC(O)c2ccccc2)C[C@H]1C. The van der Waals surface area contributed by atoms with E-state index in [4.69, 9.17) is 0 Å². The minimum atomic E-state index is -0.475. The summed E-state index contributed by atoms with van der Waals surface area (Å²) >= 11 is 0. The number of nitrogens with zero attached hydrogens (tertiary/aromatic N) is 2. The van der Waals surface area contributed by atoms with Crippen LogP contribution in [-0.4, -0.2) is 41.6 Å². The van der Waals surface area contributed by atoms with Gasteiger partial charge in [-0.25, -0.2) is 0 Å². The van der Waals surface area contributed by atoms with Crippen molar-refractivity contribution in [2.75, 3.05) is 24.5 Å². The lowest BCUT2D eigenvalue weighted by Gasteiger charge is -2.43. The molecule has 27 heavy (non-hydrogen) atoms. The molecule has 3 atom stereocenters. The summed E-state index contributed by atoms with van der Waals surface area (Å²) in [4.78, 5) is 17.0. The quantitative estimate of drug-likeness (QED) is 0.844. The lowest BCUT2D eigenvalue weighted by atomic mass is 9.91. The number of hydrogen-bond donors (Lipinski definition) is 1. The second-order valence-corrected chi connectivity index (χ2v) is 7.47.